The van der Waals surface area contributed by atoms with Crippen molar-refractivity contribution in [1.82, 2.24) is 10.2 Å². The number of amides is 1. The number of carbonyl (C=O) groups is 1. The zero-order chi connectivity index (χ0) is 14.0. The molecule has 2 bridgehead atoms. The predicted octanol–water partition coefficient (Wildman–Crippen LogP) is 1.32. The molecule has 1 aliphatic carbocycles. The molecule has 3 N–H and O–H groups in total. The number of ether oxygens (including phenoxy) is 1. The highest BCUT2D eigenvalue weighted by molar-refractivity contribution is 5.67. The Hall–Kier alpha value is -0.810. The fourth-order valence-electron chi connectivity index (χ4n) is 3.26. The second-order valence-electron chi connectivity index (χ2n) is 6.80. The van der Waals surface area contributed by atoms with Crippen LogP contribution in [0.2, 0.25) is 0 Å². The summed E-state index contributed by atoms with van der Waals surface area (Å²) in [5, 5.41) is 2.84. The van der Waals surface area contributed by atoms with E-state index in [1.165, 1.54) is 19.3 Å². The summed E-state index contributed by atoms with van der Waals surface area (Å²) in [6.07, 6.45) is 3.60. The van der Waals surface area contributed by atoms with Crippen molar-refractivity contribution in [3.8, 4) is 0 Å². The van der Waals surface area contributed by atoms with Gasteiger partial charge in [0, 0.05) is 31.7 Å². The molecule has 2 rings (SSSR count). The number of alkyl carbamates (subject to hydrolysis) is 1. The lowest BCUT2D eigenvalue weighted by atomic mass is 10.1. The van der Waals surface area contributed by atoms with E-state index in [2.05, 4.69) is 10.2 Å². The van der Waals surface area contributed by atoms with Crippen LogP contribution in [-0.4, -0.2) is 48.3 Å². The zero-order valence-electron chi connectivity index (χ0n) is 12.3. The quantitative estimate of drug-likeness (QED) is 0.808. The van der Waals surface area contributed by atoms with Gasteiger partial charge in [-0.05, 0) is 46.0 Å². The van der Waals surface area contributed by atoms with Crippen molar-refractivity contribution < 1.29 is 9.53 Å². The molecule has 0 spiro atoms. The van der Waals surface area contributed by atoms with Gasteiger partial charge in [0.05, 0.1) is 0 Å². The highest BCUT2D eigenvalue weighted by Crippen LogP contribution is 2.38. The average Bonchev–Trinajstić information content (AvgIpc) is 2.89. The summed E-state index contributed by atoms with van der Waals surface area (Å²) in [6.45, 7) is 7.90. The summed E-state index contributed by atoms with van der Waals surface area (Å²) in [5.41, 5.74) is 5.41. The number of nitrogens with two attached hydrogens (primary N) is 1. The summed E-state index contributed by atoms with van der Waals surface area (Å²) in [7, 11) is 0. The van der Waals surface area contributed by atoms with Crippen LogP contribution in [0.3, 0.4) is 0 Å². The Labute approximate surface area is 115 Å². The van der Waals surface area contributed by atoms with Crippen molar-refractivity contribution in [2.45, 2.75) is 57.7 Å². The molecule has 1 aliphatic heterocycles. The van der Waals surface area contributed by atoms with Gasteiger partial charge in [0.25, 0.3) is 0 Å². The topological polar surface area (TPSA) is 67.6 Å². The van der Waals surface area contributed by atoms with E-state index in [-0.39, 0.29) is 12.1 Å². The molecule has 5 heteroatoms. The lowest BCUT2D eigenvalue weighted by Crippen LogP contribution is -2.51. The molecule has 0 aromatic heterocycles. The lowest BCUT2D eigenvalue weighted by Gasteiger charge is -2.34. The van der Waals surface area contributed by atoms with Crippen molar-refractivity contribution in [2.24, 2.45) is 11.7 Å². The van der Waals surface area contributed by atoms with Gasteiger partial charge >= 0.3 is 6.09 Å². The minimum atomic E-state index is -0.449. The number of nitrogens with zero attached hydrogens (tertiary/aromatic N) is 1. The molecule has 2 fully saturated rings. The van der Waals surface area contributed by atoms with E-state index in [1.54, 1.807) is 0 Å². The van der Waals surface area contributed by atoms with Crippen LogP contribution in [0, 0.1) is 5.92 Å². The monoisotopic (exact) mass is 269 g/mol. The molecule has 0 aromatic carbocycles. The maximum absolute atomic E-state index is 11.7. The first-order chi connectivity index (χ1) is 8.89. The number of fused-ring (bicyclic) bond motifs is 2. The first-order valence-electron chi connectivity index (χ1n) is 7.31. The van der Waals surface area contributed by atoms with Crippen molar-refractivity contribution in [1.29, 1.82) is 0 Å². The number of nitrogens with one attached hydrogen (secondary N) is 1. The highest BCUT2D eigenvalue weighted by Gasteiger charge is 2.40. The first kappa shape index (κ1) is 14.6. The zero-order valence-corrected chi connectivity index (χ0v) is 12.3. The highest BCUT2D eigenvalue weighted by atomic mass is 16.6. The maximum Gasteiger partial charge on any atom is 0.407 e. The number of hydrogen-bond donors (Lipinski definition) is 2. The number of rotatable bonds is 4. The third kappa shape index (κ3) is 3.83. The van der Waals surface area contributed by atoms with Gasteiger partial charge in [0.1, 0.15) is 5.60 Å². The van der Waals surface area contributed by atoms with Gasteiger partial charge in [-0.2, -0.15) is 0 Å². The molecule has 2 aliphatic rings. The Bertz CT molecular complexity index is 327. The molecule has 3 atom stereocenters. The minimum Gasteiger partial charge on any atom is -0.444 e. The van der Waals surface area contributed by atoms with Crippen LogP contribution in [0.4, 0.5) is 4.79 Å². The van der Waals surface area contributed by atoms with Crippen molar-refractivity contribution in [3.05, 3.63) is 0 Å². The average molecular weight is 269 g/mol. The Balaban J connectivity index is 1.78. The fraction of sp³-hybridized carbons (Fsp3) is 0.929. The van der Waals surface area contributed by atoms with Crippen LogP contribution in [0.1, 0.15) is 40.0 Å². The van der Waals surface area contributed by atoms with Crippen molar-refractivity contribution in [3.63, 3.8) is 0 Å². The standard InChI is InChI=1S/C14H27N3O2/c1-14(2,3)19-13(18)16-8-12(7-15)17-9-10-4-5-11(17)6-10/h10-12H,4-9,15H2,1-3H3,(H,16,18). The van der Waals surface area contributed by atoms with Gasteiger partial charge in [-0.25, -0.2) is 4.79 Å². The SMILES string of the molecule is CC(C)(C)OC(=O)NCC(CN)N1CC2CCC1C2. The second-order valence-corrected chi connectivity index (χ2v) is 6.80. The normalized spacial score (nSPS) is 28.4. The predicted molar refractivity (Wildman–Crippen MR) is 74.9 cm³/mol. The Kier molecular flexibility index (Phi) is 4.36. The molecule has 0 radical (unpaired) electrons. The van der Waals surface area contributed by atoms with Crippen LogP contribution in [0.5, 0.6) is 0 Å². The number of likely N-dealkylation sites (tertiary alicyclic amines) is 1. The molecule has 1 heterocycles. The van der Waals surface area contributed by atoms with Gasteiger partial charge in [-0.15, -0.1) is 0 Å². The third-order valence-corrected chi connectivity index (χ3v) is 4.07. The molecule has 1 saturated carbocycles. The molecule has 5 nitrogen and oxygen atoms in total. The van der Waals surface area contributed by atoms with Gasteiger partial charge in [0.2, 0.25) is 0 Å². The smallest absolute Gasteiger partial charge is 0.407 e. The van der Waals surface area contributed by atoms with Crippen LogP contribution in [0.15, 0.2) is 0 Å². The van der Waals surface area contributed by atoms with Crippen LogP contribution < -0.4 is 11.1 Å². The maximum atomic E-state index is 11.7. The summed E-state index contributed by atoms with van der Waals surface area (Å²) >= 11 is 0. The fourth-order valence-corrected chi connectivity index (χ4v) is 3.26. The van der Waals surface area contributed by atoms with E-state index < -0.39 is 5.60 Å². The first-order valence-corrected chi connectivity index (χ1v) is 7.31. The van der Waals surface area contributed by atoms with E-state index in [9.17, 15) is 4.79 Å². The number of piperidine rings is 1. The molecular weight excluding hydrogens is 242 g/mol. The van der Waals surface area contributed by atoms with Crippen molar-refractivity contribution >= 4 is 6.09 Å². The van der Waals surface area contributed by atoms with Gasteiger partial charge in [-0.1, -0.05) is 0 Å². The molecule has 110 valence electrons. The molecule has 19 heavy (non-hydrogen) atoms. The Morgan fingerprint density at radius 2 is 2.21 bits per heavy atom. The van der Waals surface area contributed by atoms with Gasteiger partial charge in [-0.3, -0.25) is 4.90 Å². The Morgan fingerprint density at radius 1 is 1.47 bits per heavy atom. The van der Waals surface area contributed by atoms with E-state index in [0.717, 1.165) is 12.5 Å². The summed E-state index contributed by atoms with van der Waals surface area (Å²) in [4.78, 5) is 14.1. The van der Waals surface area contributed by atoms with Crippen LogP contribution in [-0.2, 0) is 4.74 Å². The Morgan fingerprint density at radius 3 is 2.68 bits per heavy atom. The molecule has 0 aromatic rings. The lowest BCUT2D eigenvalue weighted by molar-refractivity contribution is 0.0500. The summed E-state index contributed by atoms with van der Waals surface area (Å²) < 4.78 is 5.25. The molecule has 1 saturated heterocycles. The molecule has 1 amide bonds. The third-order valence-electron chi connectivity index (χ3n) is 4.07. The molecular formula is C14H27N3O2. The summed E-state index contributed by atoms with van der Waals surface area (Å²) in [6, 6.07) is 0.918. The summed E-state index contributed by atoms with van der Waals surface area (Å²) in [5.74, 6) is 0.848. The van der Waals surface area contributed by atoms with Crippen LogP contribution >= 0.6 is 0 Å². The number of carbonyl (C=O) groups excluding carboxylic acids is 1. The number of hydrogen-bond acceptors (Lipinski definition) is 4. The molecule has 3 unspecified atom stereocenters. The van der Waals surface area contributed by atoms with Gasteiger partial charge < -0.3 is 15.8 Å². The van der Waals surface area contributed by atoms with E-state index in [0.29, 0.717) is 19.1 Å². The van der Waals surface area contributed by atoms with Gasteiger partial charge in [0.15, 0.2) is 0 Å². The largest absolute Gasteiger partial charge is 0.444 e. The minimum absolute atomic E-state index is 0.239. The van der Waals surface area contributed by atoms with E-state index >= 15 is 0 Å². The van der Waals surface area contributed by atoms with Crippen molar-refractivity contribution in [2.75, 3.05) is 19.6 Å². The van der Waals surface area contributed by atoms with E-state index in [4.69, 9.17) is 10.5 Å². The van der Waals surface area contributed by atoms with E-state index in [1.807, 2.05) is 20.8 Å². The van der Waals surface area contributed by atoms with Crippen LogP contribution in [0.25, 0.3) is 0 Å². The second kappa shape index (κ2) is 5.67.